The first kappa shape index (κ1) is 14.3. The molecular weight excluding hydrogens is 239 g/mol. The van der Waals surface area contributed by atoms with Crippen LogP contribution in [0, 0.1) is 23.6 Å². The zero-order valence-corrected chi connectivity index (χ0v) is 12.1. The van der Waals surface area contributed by atoms with Crippen molar-refractivity contribution in [3.8, 4) is 0 Å². The zero-order chi connectivity index (χ0) is 14.0. The van der Waals surface area contributed by atoms with Crippen LogP contribution >= 0.6 is 0 Å². The van der Waals surface area contributed by atoms with Crippen LogP contribution in [-0.4, -0.2) is 19.6 Å². The molecule has 2 nitrogen and oxygen atoms in total. The van der Waals surface area contributed by atoms with Gasteiger partial charge in [0.1, 0.15) is 5.82 Å². The molecule has 0 bridgehead atoms. The SMILES string of the molecule is CC1CC(C)C(CN(C)c2ccc(F)cc2)C(N)C1. The smallest absolute Gasteiger partial charge is 0.123 e. The van der Waals surface area contributed by atoms with Crippen molar-refractivity contribution < 1.29 is 4.39 Å². The van der Waals surface area contributed by atoms with Crippen LogP contribution < -0.4 is 10.6 Å². The summed E-state index contributed by atoms with van der Waals surface area (Å²) >= 11 is 0. The first-order valence-electron chi connectivity index (χ1n) is 7.19. The molecular formula is C16H25FN2. The largest absolute Gasteiger partial charge is 0.374 e. The van der Waals surface area contributed by atoms with Crippen molar-refractivity contribution in [1.29, 1.82) is 0 Å². The third kappa shape index (κ3) is 3.47. The van der Waals surface area contributed by atoms with Crippen LogP contribution in [0.5, 0.6) is 0 Å². The first-order chi connectivity index (χ1) is 8.97. The van der Waals surface area contributed by atoms with E-state index in [1.54, 1.807) is 0 Å². The van der Waals surface area contributed by atoms with Gasteiger partial charge in [0.25, 0.3) is 0 Å². The van der Waals surface area contributed by atoms with Crippen molar-refractivity contribution in [1.82, 2.24) is 0 Å². The molecule has 1 aromatic rings. The molecule has 0 radical (unpaired) electrons. The highest BCUT2D eigenvalue weighted by molar-refractivity contribution is 5.45. The summed E-state index contributed by atoms with van der Waals surface area (Å²) in [6.45, 7) is 5.54. The van der Waals surface area contributed by atoms with Gasteiger partial charge in [-0.1, -0.05) is 13.8 Å². The molecule has 0 amide bonds. The maximum atomic E-state index is 12.9. The Balaban J connectivity index is 2.01. The number of halogens is 1. The van der Waals surface area contributed by atoms with E-state index in [9.17, 15) is 4.39 Å². The first-order valence-corrected chi connectivity index (χ1v) is 7.19. The lowest BCUT2D eigenvalue weighted by Gasteiger charge is -2.40. The van der Waals surface area contributed by atoms with E-state index in [0.29, 0.717) is 11.8 Å². The van der Waals surface area contributed by atoms with E-state index in [1.807, 2.05) is 12.1 Å². The molecule has 2 N–H and O–H groups in total. The van der Waals surface area contributed by atoms with E-state index in [0.717, 1.165) is 24.6 Å². The number of rotatable bonds is 3. The minimum absolute atomic E-state index is 0.186. The van der Waals surface area contributed by atoms with E-state index >= 15 is 0 Å². The van der Waals surface area contributed by atoms with Crippen LogP contribution in [0.4, 0.5) is 10.1 Å². The lowest BCUT2D eigenvalue weighted by Crippen LogP contribution is -2.46. The van der Waals surface area contributed by atoms with E-state index in [-0.39, 0.29) is 11.9 Å². The second-order valence-electron chi connectivity index (χ2n) is 6.24. The van der Waals surface area contributed by atoms with Crippen molar-refractivity contribution in [3.05, 3.63) is 30.1 Å². The molecule has 0 saturated heterocycles. The van der Waals surface area contributed by atoms with Gasteiger partial charge in [0.2, 0.25) is 0 Å². The Morgan fingerprint density at radius 1 is 1.21 bits per heavy atom. The molecule has 0 aromatic heterocycles. The fraction of sp³-hybridized carbons (Fsp3) is 0.625. The average Bonchev–Trinajstić information content (AvgIpc) is 2.34. The Kier molecular flexibility index (Phi) is 4.46. The van der Waals surface area contributed by atoms with Crippen molar-refractivity contribution >= 4 is 5.69 Å². The third-order valence-corrected chi connectivity index (χ3v) is 4.48. The van der Waals surface area contributed by atoms with Gasteiger partial charge in [-0.3, -0.25) is 0 Å². The van der Waals surface area contributed by atoms with E-state index in [2.05, 4.69) is 25.8 Å². The van der Waals surface area contributed by atoms with Gasteiger partial charge in [0.05, 0.1) is 0 Å². The van der Waals surface area contributed by atoms with Crippen molar-refractivity contribution in [2.45, 2.75) is 32.7 Å². The summed E-state index contributed by atoms with van der Waals surface area (Å²) in [5, 5.41) is 0. The molecule has 3 heteroatoms. The Morgan fingerprint density at radius 3 is 2.42 bits per heavy atom. The monoisotopic (exact) mass is 264 g/mol. The number of benzene rings is 1. The molecule has 0 heterocycles. The number of hydrogen-bond donors (Lipinski definition) is 1. The number of nitrogens with two attached hydrogens (primary N) is 1. The van der Waals surface area contributed by atoms with Gasteiger partial charge in [-0.2, -0.15) is 0 Å². The van der Waals surface area contributed by atoms with Crippen LogP contribution in [0.1, 0.15) is 26.7 Å². The van der Waals surface area contributed by atoms with Gasteiger partial charge in [-0.05, 0) is 54.9 Å². The number of hydrogen-bond acceptors (Lipinski definition) is 2. The standard InChI is InChI=1S/C16H25FN2/c1-11-8-12(2)15(16(18)9-11)10-19(3)14-6-4-13(17)5-7-14/h4-7,11-12,15-16H,8-10,18H2,1-3H3. The molecule has 4 atom stereocenters. The predicted molar refractivity (Wildman–Crippen MR) is 78.7 cm³/mol. The maximum Gasteiger partial charge on any atom is 0.123 e. The predicted octanol–water partition coefficient (Wildman–Crippen LogP) is 3.27. The van der Waals surface area contributed by atoms with Gasteiger partial charge >= 0.3 is 0 Å². The zero-order valence-electron chi connectivity index (χ0n) is 12.1. The normalized spacial score (nSPS) is 31.2. The molecule has 4 unspecified atom stereocenters. The minimum atomic E-state index is -0.186. The lowest BCUT2D eigenvalue weighted by molar-refractivity contribution is 0.178. The molecule has 1 aliphatic carbocycles. The van der Waals surface area contributed by atoms with Crippen molar-refractivity contribution in [2.24, 2.45) is 23.5 Å². The van der Waals surface area contributed by atoms with Gasteiger partial charge < -0.3 is 10.6 Å². The Labute approximate surface area is 115 Å². The average molecular weight is 264 g/mol. The Hall–Kier alpha value is -1.09. The highest BCUT2D eigenvalue weighted by Crippen LogP contribution is 2.33. The molecule has 1 aromatic carbocycles. The maximum absolute atomic E-state index is 12.9. The fourth-order valence-corrected chi connectivity index (χ4v) is 3.40. The van der Waals surface area contributed by atoms with Gasteiger partial charge in [0.15, 0.2) is 0 Å². The van der Waals surface area contributed by atoms with E-state index in [4.69, 9.17) is 5.73 Å². The van der Waals surface area contributed by atoms with Crippen molar-refractivity contribution in [2.75, 3.05) is 18.5 Å². The Morgan fingerprint density at radius 2 is 1.84 bits per heavy atom. The molecule has 1 fully saturated rings. The summed E-state index contributed by atoms with van der Waals surface area (Å²) in [4.78, 5) is 2.19. The topological polar surface area (TPSA) is 29.3 Å². The quantitative estimate of drug-likeness (QED) is 0.908. The lowest BCUT2D eigenvalue weighted by atomic mass is 9.72. The van der Waals surface area contributed by atoms with Crippen LogP contribution in [-0.2, 0) is 0 Å². The molecule has 0 spiro atoms. The van der Waals surface area contributed by atoms with Crippen molar-refractivity contribution in [3.63, 3.8) is 0 Å². The van der Waals surface area contributed by atoms with E-state index < -0.39 is 0 Å². The summed E-state index contributed by atoms with van der Waals surface area (Å²) < 4.78 is 12.9. The van der Waals surface area contributed by atoms with E-state index in [1.165, 1.54) is 18.6 Å². The molecule has 2 rings (SSSR count). The number of anilines is 1. The second kappa shape index (κ2) is 5.91. The Bertz CT molecular complexity index is 392. The molecule has 0 aliphatic heterocycles. The summed E-state index contributed by atoms with van der Waals surface area (Å²) in [6.07, 6.45) is 2.38. The molecule has 1 saturated carbocycles. The van der Waals surface area contributed by atoms with Gasteiger partial charge in [-0.25, -0.2) is 4.39 Å². The van der Waals surface area contributed by atoms with Crippen LogP contribution in [0.15, 0.2) is 24.3 Å². The highest BCUT2D eigenvalue weighted by Gasteiger charge is 2.32. The number of nitrogens with zero attached hydrogens (tertiary/aromatic N) is 1. The summed E-state index contributed by atoms with van der Waals surface area (Å²) in [5.74, 6) is 1.72. The summed E-state index contributed by atoms with van der Waals surface area (Å²) in [7, 11) is 2.06. The highest BCUT2D eigenvalue weighted by atomic mass is 19.1. The summed E-state index contributed by atoms with van der Waals surface area (Å²) in [5.41, 5.74) is 7.38. The molecule has 19 heavy (non-hydrogen) atoms. The molecule has 106 valence electrons. The van der Waals surface area contributed by atoms with Crippen LogP contribution in [0.2, 0.25) is 0 Å². The molecule has 1 aliphatic rings. The minimum Gasteiger partial charge on any atom is -0.374 e. The van der Waals surface area contributed by atoms with Gasteiger partial charge in [-0.15, -0.1) is 0 Å². The third-order valence-electron chi connectivity index (χ3n) is 4.48. The second-order valence-corrected chi connectivity index (χ2v) is 6.24. The van der Waals surface area contributed by atoms with Crippen LogP contribution in [0.25, 0.3) is 0 Å². The van der Waals surface area contributed by atoms with Gasteiger partial charge in [0, 0.05) is 25.3 Å². The fourth-order valence-electron chi connectivity index (χ4n) is 3.40. The van der Waals surface area contributed by atoms with Crippen LogP contribution in [0.3, 0.4) is 0 Å². The summed E-state index contributed by atoms with van der Waals surface area (Å²) in [6, 6.07) is 6.96.